The third-order valence-corrected chi connectivity index (χ3v) is 11.6. The van der Waals surface area contributed by atoms with Gasteiger partial charge in [0.1, 0.15) is 12.0 Å². The summed E-state index contributed by atoms with van der Waals surface area (Å²) in [6.45, 7) is 0.496. The molecule has 0 amide bonds. The van der Waals surface area contributed by atoms with E-state index in [1.54, 1.807) is 0 Å². The van der Waals surface area contributed by atoms with E-state index in [0.717, 1.165) is 39.2 Å². The molecule has 0 aliphatic heterocycles. The molecule has 0 spiro atoms. The molecule has 0 fully saturated rings. The smallest absolute Gasteiger partial charge is 0.130 e. The van der Waals surface area contributed by atoms with E-state index in [4.69, 9.17) is 10.7 Å². The van der Waals surface area contributed by atoms with Gasteiger partial charge in [-0.15, -0.1) is 0 Å². The maximum atomic E-state index is 7.09. The van der Waals surface area contributed by atoms with E-state index in [1.165, 1.54) is 60.1 Å². The third-order valence-electron chi connectivity index (χ3n) is 11.6. The van der Waals surface area contributed by atoms with Crippen molar-refractivity contribution in [1.82, 2.24) is 5.32 Å². The molecule has 0 aromatic heterocycles. The van der Waals surface area contributed by atoms with Crippen molar-refractivity contribution < 1.29 is 0 Å². The second-order valence-electron chi connectivity index (χ2n) is 15.3. The van der Waals surface area contributed by atoms with Gasteiger partial charge in [-0.1, -0.05) is 224 Å². The summed E-state index contributed by atoms with van der Waals surface area (Å²) in [5.41, 5.74) is 19.6. The van der Waals surface area contributed by atoms with E-state index >= 15 is 0 Å². The molecule has 0 heterocycles. The summed E-state index contributed by atoms with van der Waals surface area (Å²) in [6.07, 6.45) is -0.507. The second kappa shape index (κ2) is 16.3. The number of hydrogen-bond donors (Lipinski definition) is 2. The molecule has 10 rings (SSSR count). The molecule has 10 aromatic carbocycles. The lowest BCUT2D eigenvalue weighted by atomic mass is 9.84. The molecule has 0 saturated heterocycles. The lowest BCUT2D eigenvalue weighted by molar-refractivity contribution is 0.680. The fourth-order valence-electron chi connectivity index (χ4n) is 8.66. The van der Waals surface area contributed by atoms with Crippen LogP contribution >= 0.6 is 0 Å². The molecule has 0 aliphatic carbocycles. The van der Waals surface area contributed by atoms with Crippen molar-refractivity contribution in [2.75, 3.05) is 0 Å². The Bertz CT molecular complexity index is 3120. The van der Waals surface area contributed by atoms with Gasteiger partial charge in [0.05, 0.1) is 6.54 Å². The molecule has 60 heavy (non-hydrogen) atoms. The molecule has 1 atom stereocenters. The highest BCUT2D eigenvalue weighted by atomic mass is 15.1. The zero-order chi connectivity index (χ0) is 40.3. The number of amidine groups is 1. The highest BCUT2D eigenvalue weighted by Crippen LogP contribution is 2.46. The van der Waals surface area contributed by atoms with Crippen LogP contribution < -0.4 is 11.1 Å². The number of rotatable bonds is 9. The summed E-state index contributed by atoms with van der Waals surface area (Å²) in [6, 6.07) is 79.7. The van der Waals surface area contributed by atoms with Gasteiger partial charge in [-0.25, -0.2) is 0 Å². The predicted octanol–water partition coefficient (Wildman–Crippen LogP) is 14.0. The van der Waals surface area contributed by atoms with Crippen molar-refractivity contribution in [3.05, 3.63) is 241 Å². The summed E-state index contributed by atoms with van der Waals surface area (Å²) in [5, 5.41) is 11.1. The topological polar surface area (TPSA) is 50.4 Å². The molecule has 0 bridgehead atoms. The minimum Gasteiger partial charge on any atom is -0.351 e. The first kappa shape index (κ1) is 36.7. The zero-order valence-corrected chi connectivity index (χ0v) is 33.2. The van der Waals surface area contributed by atoms with Crippen LogP contribution in [0.5, 0.6) is 0 Å². The number of aliphatic imine (C=N–C) groups is 1. The number of benzene rings is 10. The molecule has 0 radical (unpaired) electrons. The van der Waals surface area contributed by atoms with Gasteiger partial charge in [-0.2, -0.15) is 0 Å². The Balaban J connectivity index is 1.08. The molecular weight excluding hydrogens is 727 g/mol. The largest absolute Gasteiger partial charge is 0.351 e. The van der Waals surface area contributed by atoms with Crippen LogP contribution in [-0.2, 0) is 6.54 Å². The monoisotopic (exact) mass is 769 g/mol. The first-order chi connectivity index (χ1) is 29.7. The van der Waals surface area contributed by atoms with E-state index in [1.807, 2.05) is 18.2 Å². The van der Waals surface area contributed by atoms with Crippen LogP contribution in [-0.4, -0.2) is 5.84 Å². The minimum absolute atomic E-state index is 0.496. The van der Waals surface area contributed by atoms with Crippen LogP contribution in [0.25, 0.3) is 76.8 Å². The highest BCUT2D eigenvalue weighted by Gasteiger charge is 2.20. The van der Waals surface area contributed by atoms with Crippen molar-refractivity contribution >= 4 is 38.2 Å². The molecule has 0 aliphatic rings. The van der Waals surface area contributed by atoms with E-state index in [0.29, 0.717) is 6.54 Å². The maximum absolute atomic E-state index is 7.09. The van der Waals surface area contributed by atoms with Gasteiger partial charge >= 0.3 is 0 Å². The number of fused-ring (bicyclic) bond motifs is 4. The summed E-state index contributed by atoms with van der Waals surface area (Å²) in [4.78, 5) is 5.24. The van der Waals surface area contributed by atoms with Gasteiger partial charge in [0.15, 0.2) is 0 Å². The van der Waals surface area contributed by atoms with Crippen molar-refractivity contribution in [1.29, 1.82) is 0 Å². The highest BCUT2D eigenvalue weighted by molar-refractivity contribution is 6.27. The van der Waals surface area contributed by atoms with Crippen LogP contribution in [0.3, 0.4) is 0 Å². The van der Waals surface area contributed by atoms with Gasteiger partial charge in [0.25, 0.3) is 0 Å². The molecular formula is C57H43N3. The van der Waals surface area contributed by atoms with E-state index in [9.17, 15) is 0 Å². The maximum Gasteiger partial charge on any atom is 0.130 e. The second-order valence-corrected chi connectivity index (χ2v) is 15.3. The zero-order valence-electron chi connectivity index (χ0n) is 33.2. The number of nitrogens with one attached hydrogen (secondary N) is 1. The average Bonchev–Trinajstić information content (AvgIpc) is 3.33. The standard InChI is InChI=1S/C57H43N3/c58-56(51-27-15-12-23-47(51)42-18-6-2-7-19-42)60-57(59-38-39-28-30-41(31-29-39)40-16-4-1-5-17-40)46-34-32-45(33-35-46)53-49-25-13-14-26-50(49)54(44-21-8-3-9-22-44)55-48-24-11-10-20-43(48)36-37-52(53)55/h1-37,56H,38,58H2,(H,59,60). The van der Waals surface area contributed by atoms with Crippen LogP contribution in [0.2, 0.25) is 0 Å². The number of nitrogens with zero attached hydrogens (tertiary/aromatic N) is 1. The molecule has 0 saturated carbocycles. The Kier molecular flexibility index (Phi) is 10.0. The summed E-state index contributed by atoms with van der Waals surface area (Å²) in [7, 11) is 0. The molecule has 10 aromatic rings. The Morgan fingerprint density at radius 3 is 1.63 bits per heavy atom. The molecule has 3 N–H and O–H groups in total. The lowest BCUT2D eigenvalue weighted by Gasteiger charge is -2.21. The van der Waals surface area contributed by atoms with Crippen molar-refractivity contribution in [2.24, 2.45) is 10.7 Å². The van der Waals surface area contributed by atoms with Gasteiger partial charge in [-0.3, -0.25) is 4.99 Å². The Labute approximate surface area is 351 Å². The fraction of sp³-hybridized carbons (Fsp3) is 0.0351. The molecule has 3 heteroatoms. The Morgan fingerprint density at radius 1 is 0.417 bits per heavy atom. The third kappa shape index (κ3) is 7.13. The summed E-state index contributed by atoms with van der Waals surface area (Å²) < 4.78 is 0. The van der Waals surface area contributed by atoms with Crippen LogP contribution in [0.1, 0.15) is 22.9 Å². The van der Waals surface area contributed by atoms with Crippen molar-refractivity contribution in [3.8, 4) is 44.5 Å². The van der Waals surface area contributed by atoms with Gasteiger partial charge in [0, 0.05) is 5.56 Å². The SMILES string of the molecule is NC(N/C(=N\Cc1ccc(-c2ccccc2)cc1)c1ccc(-c2c3ccccc3c(-c3ccccc3)c3c2ccc2ccccc23)cc1)c1ccccc1-c1ccccc1. The number of nitrogens with two attached hydrogens (primary N) is 1. The fourth-order valence-corrected chi connectivity index (χ4v) is 8.66. The van der Waals surface area contributed by atoms with Crippen LogP contribution in [0.15, 0.2) is 229 Å². The van der Waals surface area contributed by atoms with Crippen LogP contribution in [0.4, 0.5) is 0 Å². The molecule has 3 nitrogen and oxygen atoms in total. The van der Waals surface area contributed by atoms with Crippen LogP contribution in [0, 0.1) is 0 Å². The number of hydrogen-bond acceptors (Lipinski definition) is 2. The first-order valence-corrected chi connectivity index (χ1v) is 20.6. The van der Waals surface area contributed by atoms with Gasteiger partial charge in [-0.05, 0) is 88.0 Å². The first-order valence-electron chi connectivity index (χ1n) is 20.6. The van der Waals surface area contributed by atoms with E-state index in [2.05, 4.69) is 212 Å². The quantitative estimate of drug-likeness (QED) is 0.0505. The Morgan fingerprint density at radius 2 is 0.933 bits per heavy atom. The van der Waals surface area contributed by atoms with E-state index in [-0.39, 0.29) is 0 Å². The van der Waals surface area contributed by atoms with E-state index < -0.39 is 6.17 Å². The lowest BCUT2D eigenvalue weighted by Crippen LogP contribution is -2.35. The van der Waals surface area contributed by atoms with Gasteiger partial charge < -0.3 is 11.1 Å². The molecule has 286 valence electrons. The Hall–Kier alpha value is -7.59. The summed E-state index contributed by atoms with van der Waals surface area (Å²) in [5.74, 6) is 0.740. The minimum atomic E-state index is -0.507. The average molecular weight is 770 g/mol. The molecule has 1 unspecified atom stereocenters. The predicted molar refractivity (Wildman–Crippen MR) is 254 cm³/mol. The summed E-state index contributed by atoms with van der Waals surface area (Å²) >= 11 is 0. The van der Waals surface area contributed by atoms with Crippen molar-refractivity contribution in [2.45, 2.75) is 12.7 Å². The van der Waals surface area contributed by atoms with Crippen molar-refractivity contribution in [3.63, 3.8) is 0 Å². The normalized spacial score (nSPS) is 12.2. The van der Waals surface area contributed by atoms with Gasteiger partial charge in [0.2, 0.25) is 0 Å².